The summed E-state index contributed by atoms with van der Waals surface area (Å²) in [5.74, 6) is 1.62. The summed E-state index contributed by atoms with van der Waals surface area (Å²) in [6.45, 7) is 8.24. The van der Waals surface area contributed by atoms with E-state index >= 15 is 0 Å². The average Bonchev–Trinajstić information content (AvgIpc) is 3.50. The lowest BCUT2D eigenvalue weighted by Gasteiger charge is -2.37. The zero-order valence-electron chi connectivity index (χ0n) is 15.8. The van der Waals surface area contributed by atoms with Crippen molar-refractivity contribution in [2.24, 2.45) is 10.9 Å². The number of aliphatic hydroxyl groups excluding tert-OH is 1. The number of aliphatic imine (C=N–C) groups is 1. The van der Waals surface area contributed by atoms with Gasteiger partial charge in [-0.15, -0.1) is 0 Å². The molecule has 1 heterocycles. The summed E-state index contributed by atoms with van der Waals surface area (Å²) < 4.78 is 5.56. The molecule has 1 saturated heterocycles. The normalized spacial score (nSPS) is 19.5. The third-order valence-electron chi connectivity index (χ3n) is 4.85. The fraction of sp³-hybridized carbons (Fsp3) is 0.650. The predicted molar refractivity (Wildman–Crippen MR) is 106 cm³/mol. The molecule has 1 aromatic rings. The van der Waals surface area contributed by atoms with Crippen LogP contribution in [0.3, 0.4) is 0 Å². The minimum atomic E-state index is -0.534. The van der Waals surface area contributed by atoms with Crippen molar-refractivity contribution >= 4 is 11.6 Å². The van der Waals surface area contributed by atoms with Crippen molar-refractivity contribution in [3.63, 3.8) is 0 Å². The van der Waals surface area contributed by atoms with Crippen LogP contribution in [0.2, 0.25) is 0 Å². The van der Waals surface area contributed by atoms with Crippen LogP contribution in [-0.2, 0) is 4.74 Å². The van der Waals surface area contributed by atoms with Gasteiger partial charge in [0.05, 0.1) is 19.3 Å². The number of anilines is 1. The van der Waals surface area contributed by atoms with Gasteiger partial charge in [-0.3, -0.25) is 4.99 Å². The highest BCUT2D eigenvalue weighted by atomic mass is 16.5. The van der Waals surface area contributed by atoms with E-state index in [9.17, 15) is 5.11 Å². The van der Waals surface area contributed by atoms with E-state index in [-0.39, 0.29) is 0 Å². The highest BCUT2D eigenvalue weighted by Gasteiger charge is 2.22. The number of para-hydroxylation sites is 1. The van der Waals surface area contributed by atoms with Gasteiger partial charge in [-0.2, -0.15) is 0 Å². The van der Waals surface area contributed by atoms with Gasteiger partial charge < -0.3 is 25.0 Å². The summed E-state index contributed by atoms with van der Waals surface area (Å²) in [7, 11) is 0. The van der Waals surface area contributed by atoms with Crippen molar-refractivity contribution in [1.82, 2.24) is 10.2 Å². The summed E-state index contributed by atoms with van der Waals surface area (Å²) in [4.78, 5) is 9.31. The standard InChI is InChI=1S/C20H32N4O2/c1-2-21-20(22-14-19(25)16-26-15-17-8-9-17)24-12-10-23(11-13-24)18-6-4-3-5-7-18/h3-7,17,19,25H,2,8-16H2,1H3,(H,21,22). The Morgan fingerprint density at radius 1 is 1.23 bits per heavy atom. The zero-order chi connectivity index (χ0) is 18.2. The maximum Gasteiger partial charge on any atom is 0.194 e. The Balaban J connectivity index is 1.46. The largest absolute Gasteiger partial charge is 0.389 e. The molecule has 26 heavy (non-hydrogen) atoms. The average molecular weight is 361 g/mol. The second kappa shape index (κ2) is 9.78. The Morgan fingerprint density at radius 3 is 2.62 bits per heavy atom. The number of guanidine groups is 1. The first kappa shape index (κ1) is 19.0. The molecule has 1 aromatic carbocycles. The lowest BCUT2D eigenvalue weighted by atomic mass is 10.2. The van der Waals surface area contributed by atoms with Gasteiger partial charge in [0.1, 0.15) is 0 Å². The number of benzene rings is 1. The number of nitrogens with one attached hydrogen (secondary N) is 1. The summed E-state index contributed by atoms with van der Waals surface area (Å²) >= 11 is 0. The van der Waals surface area contributed by atoms with E-state index < -0.39 is 6.10 Å². The molecule has 144 valence electrons. The Morgan fingerprint density at radius 2 is 1.96 bits per heavy atom. The van der Waals surface area contributed by atoms with Crippen molar-refractivity contribution < 1.29 is 9.84 Å². The number of piperazine rings is 1. The van der Waals surface area contributed by atoms with Crippen LogP contribution in [0.1, 0.15) is 19.8 Å². The molecule has 0 bridgehead atoms. The highest BCUT2D eigenvalue weighted by molar-refractivity contribution is 5.80. The molecular formula is C20H32N4O2. The number of aliphatic hydroxyl groups is 1. The Bertz CT molecular complexity index is 554. The first-order valence-electron chi connectivity index (χ1n) is 9.85. The van der Waals surface area contributed by atoms with Gasteiger partial charge in [0.15, 0.2) is 5.96 Å². The minimum absolute atomic E-state index is 0.376. The number of nitrogens with zero attached hydrogens (tertiary/aromatic N) is 3. The van der Waals surface area contributed by atoms with Gasteiger partial charge in [0.25, 0.3) is 0 Å². The van der Waals surface area contributed by atoms with Crippen molar-refractivity contribution in [1.29, 1.82) is 0 Å². The summed E-state index contributed by atoms with van der Waals surface area (Å²) in [5.41, 5.74) is 1.28. The summed E-state index contributed by atoms with van der Waals surface area (Å²) in [5, 5.41) is 13.5. The number of hydrogen-bond donors (Lipinski definition) is 2. The van der Waals surface area contributed by atoms with Crippen LogP contribution in [0.4, 0.5) is 5.69 Å². The van der Waals surface area contributed by atoms with E-state index in [1.165, 1.54) is 18.5 Å². The van der Waals surface area contributed by atoms with Gasteiger partial charge in [0.2, 0.25) is 0 Å². The van der Waals surface area contributed by atoms with Gasteiger partial charge in [-0.25, -0.2) is 0 Å². The van der Waals surface area contributed by atoms with Crippen molar-refractivity contribution in [2.45, 2.75) is 25.9 Å². The van der Waals surface area contributed by atoms with Crippen LogP contribution >= 0.6 is 0 Å². The van der Waals surface area contributed by atoms with Crippen LogP contribution in [0, 0.1) is 5.92 Å². The zero-order valence-corrected chi connectivity index (χ0v) is 15.8. The molecule has 1 unspecified atom stereocenters. The minimum Gasteiger partial charge on any atom is -0.389 e. The lowest BCUT2D eigenvalue weighted by molar-refractivity contribution is 0.0367. The first-order chi connectivity index (χ1) is 12.8. The monoisotopic (exact) mass is 360 g/mol. The molecule has 2 aliphatic rings. The van der Waals surface area contributed by atoms with Gasteiger partial charge >= 0.3 is 0 Å². The first-order valence-corrected chi connectivity index (χ1v) is 9.85. The maximum absolute atomic E-state index is 10.1. The summed E-state index contributed by atoms with van der Waals surface area (Å²) in [6.07, 6.45) is 2.01. The maximum atomic E-state index is 10.1. The van der Waals surface area contributed by atoms with Gasteiger partial charge in [0, 0.05) is 45.0 Å². The molecule has 6 heteroatoms. The second-order valence-corrected chi connectivity index (χ2v) is 7.14. The molecular weight excluding hydrogens is 328 g/mol. The molecule has 1 aliphatic heterocycles. The Labute approximate surface area is 156 Å². The highest BCUT2D eigenvalue weighted by Crippen LogP contribution is 2.28. The second-order valence-electron chi connectivity index (χ2n) is 7.14. The van der Waals surface area contributed by atoms with Crippen LogP contribution in [-0.4, -0.2) is 74.6 Å². The fourth-order valence-electron chi connectivity index (χ4n) is 3.14. The molecule has 1 saturated carbocycles. The molecule has 2 N–H and O–H groups in total. The third-order valence-corrected chi connectivity index (χ3v) is 4.85. The molecule has 0 spiro atoms. The number of rotatable bonds is 8. The smallest absolute Gasteiger partial charge is 0.194 e. The summed E-state index contributed by atoms with van der Waals surface area (Å²) in [6, 6.07) is 10.5. The van der Waals surface area contributed by atoms with Crippen molar-refractivity contribution in [3.05, 3.63) is 30.3 Å². The quantitative estimate of drug-likeness (QED) is 0.544. The molecule has 0 radical (unpaired) electrons. The van der Waals surface area contributed by atoms with Crippen molar-refractivity contribution in [3.8, 4) is 0 Å². The van der Waals surface area contributed by atoms with E-state index in [1.54, 1.807) is 0 Å². The molecule has 0 aromatic heterocycles. The Hall–Kier alpha value is -1.79. The SMILES string of the molecule is CCNC(=NCC(O)COCC1CC1)N1CCN(c2ccccc2)CC1. The van der Waals surface area contributed by atoms with Crippen molar-refractivity contribution in [2.75, 3.05) is 57.4 Å². The van der Waals surface area contributed by atoms with E-state index in [0.29, 0.717) is 13.2 Å². The van der Waals surface area contributed by atoms with E-state index in [4.69, 9.17) is 4.74 Å². The van der Waals surface area contributed by atoms with Gasteiger partial charge in [-0.1, -0.05) is 18.2 Å². The third kappa shape index (κ3) is 5.88. The number of hydrogen-bond acceptors (Lipinski definition) is 4. The molecule has 3 rings (SSSR count). The van der Waals surface area contributed by atoms with Crippen LogP contribution < -0.4 is 10.2 Å². The fourth-order valence-corrected chi connectivity index (χ4v) is 3.14. The molecule has 1 aliphatic carbocycles. The molecule has 6 nitrogen and oxygen atoms in total. The van der Waals surface area contributed by atoms with Crippen LogP contribution in [0.15, 0.2) is 35.3 Å². The van der Waals surface area contributed by atoms with Gasteiger partial charge in [-0.05, 0) is 37.8 Å². The number of ether oxygens (including phenoxy) is 1. The topological polar surface area (TPSA) is 60.3 Å². The molecule has 2 fully saturated rings. The van der Waals surface area contributed by atoms with Crippen LogP contribution in [0.5, 0.6) is 0 Å². The van der Waals surface area contributed by atoms with E-state index in [0.717, 1.165) is 51.2 Å². The van der Waals surface area contributed by atoms with E-state index in [1.807, 2.05) is 0 Å². The Kier molecular flexibility index (Phi) is 7.14. The van der Waals surface area contributed by atoms with E-state index in [2.05, 4.69) is 57.4 Å². The lowest BCUT2D eigenvalue weighted by Crippen LogP contribution is -2.52. The molecule has 0 amide bonds. The predicted octanol–water partition coefficient (Wildman–Crippen LogP) is 1.56. The van der Waals surface area contributed by atoms with Crippen LogP contribution in [0.25, 0.3) is 0 Å². The molecule has 1 atom stereocenters.